The van der Waals surface area contributed by atoms with Crippen molar-refractivity contribution in [3.05, 3.63) is 0 Å². The first-order valence-corrected chi connectivity index (χ1v) is 3.41. The molecule has 0 heterocycles. The number of hydrogen-bond donors (Lipinski definition) is 3. The van der Waals surface area contributed by atoms with Crippen LogP contribution in [0.1, 0.15) is 13.8 Å². The van der Waals surface area contributed by atoms with Crippen molar-refractivity contribution in [1.29, 1.82) is 0 Å². The standard InChI is InChI=1S/C5H14N2.CH5N/c1-3-6-5-7-4-2;1-2/h6-7H,3-5H2,1-2H3;2H2,1H3. The molecule has 0 aliphatic carbocycles. The summed E-state index contributed by atoms with van der Waals surface area (Å²) < 4.78 is 0. The van der Waals surface area contributed by atoms with E-state index in [1.807, 2.05) is 0 Å². The Morgan fingerprint density at radius 3 is 1.56 bits per heavy atom. The molecule has 0 spiro atoms. The second kappa shape index (κ2) is 15.7. The fraction of sp³-hybridized carbons (Fsp3) is 1.00. The van der Waals surface area contributed by atoms with E-state index in [2.05, 4.69) is 30.2 Å². The third-order valence-electron chi connectivity index (χ3n) is 0.750. The molecule has 3 nitrogen and oxygen atoms in total. The molecule has 0 fully saturated rings. The van der Waals surface area contributed by atoms with Crippen molar-refractivity contribution >= 4 is 0 Å². The van der Waals surface area contributed by atoms with Crippen LogP contribution in [0.5, 0.6) is 0 Å². The van der Waals surface area contributed by atoms with Gasteiger partial charge in [0, 0.05) is 6.67 Å². The molecular formula is C6H19N3. The molecule has 0 aliphatic rings. The van der Waals surface area contributed by atoms with E-state index in [-0.39, 0.29) is 0 Å². The Balaban J connectivity index is 0. The summed E-state index contributed by atoms with van der Waals surface area (Å²) in [5.74, 6) is 0. The van der Waals surface area contributed by atoms with E-state index in [1.54, 1.807) is 0 Å². The average molecular weight is 133 g/mol. The lowest BCUT2D eigenvalue weighted by Crippen LogP contribution is -2.28. The van der Waals surface area contributed by atoms with E-state index in [0.29, 0.717) is 0 Å². The van der Waals surface area contributed by atoms with E-state index in [1.165, 1.54) is 7.05 Å². The lowest BCUT2D eigenvalue weighted by Gasteiger charge is -1.98. The van der Waals surface area contributed by atoms with Crippen molar-refractivity contribution < 1.29 is 0 Å². The van der Waals surface area contributed by atoms with Gasteiger partial charge in [0.2, 0.25) is 0 Å². The van der Waals surface area contributed by atoms with Gasteiger partial charge in [-0.1, -0.05) is 13.8 Å². The molecule has 0 aromatic carbocycles. The summed E-state index contributed by atoms with van der Waals surface area (Å²) in [4.78, 5) is 0. The summed E-state index contributed by atoms with van der Waals surface area (Å²) in [7, 11) is 1.50. The van der Waals surface area contributed by atoms with Crippen molar-refractivity contribution in [2.45, 2.75) is 13.8 Å². The molecule has 0 amide bonds. The van der Waals surface area contributed by atoms with Crippen LogP contribution in [0.3, 0.4) is 0 Å². The first-order chi connectivity index (χ1) is 4.41. The summed E-state index contributed by atoms with van der Waals surface area (Å²) in [6, 6.07) is 0. The molecule has 4 N–H and O–H groups in total. The minimum atomic E-state index is 0.938. The molecule has 0 saturated heterocycles. The third kappa shape index (κ3) is 18.1. The molecule has 0 saturated carbocycles. The van der Waals surface area contributed by atoms with Crippen LogP contribution in [-0.4, -0.2) is 26.8 Å². The highest BCUT2D eigenvalue weighted by molar-refractivity contribution is 4.36. The first-order valence-electron chi connectivity index (χ1n) is 3.41. The SMILES string of the molecule is CCNCNCC.CN. The normalized spacial score (nSPS) is 8.00. The van der Waals surface area contributed by atoms with Crippen LogP contribution in [0.15, 0.2) is 0 Å². The summed E-state index contributed by atoms with van der Waals surface area (Å²) in [5, 5.41) is 6.28. The smallest absolute Gasteiger partial charge is 0.0454 e. The van der Waals surface area contributed by atoms with Gasteiger partial charge in [-0.2, -0.15) is 0 Å². The molecule has 58 valence electrons. The maximum atomic E-state index is 4.50. The van der Waals surface area contributed by atoms with E-state index >= 15 is 0 Å². The molecule has 0 radical (unpaired) electrons. The number of rotatable bonds is 4. The van der Waals surface area contributed by atoms with Crippen LogP contribution in [0.2, 0.25) is 0 Å². The lowest BCUT2D eigenvalue weighted by atomic mass is 10.7. The molecule has 9 heavy (non-hydrogen) atoms. The maximum Gasteiger partial charge on any atom is 0.0454 e. The van der Waals surface area contributed by atoms with Crippen molar-refractivity contribution in [2.24, 2.45) is 5.73 Å². The van der Waals surface area contributed by atoms with Crippen LogP contribution >= 0.6 is 0 Å². The van der Waals surface area contributed by atoms with Crippen molar-refractivity contribution in [1.82, 2.24) is 10.6 Å². The molecular weight excluding hydrogens is 114 g/mol. The Morgan fingerprint density at radius 2 is 1.33 bits per heavy atom. The van der Waals surface area contributed by atoms with Gasteiger partial charge in [-0.25, -0.2) is 0 Å². The van der Waals surface area contributed by atoms with Crippen LogP contribution in [0.4, 0.5) is 0 Å². The average Bonchev–Trinajstić information content (AvgIpc) is 1.94. The maximum absolute atomic E-state index is 4.50. The van der Waals surface area contributed by atoms with Crippen LogP contribution in [-0.2, 0) is 0 Å². The minimum absolute atomic E-state index is 0.938. The molecule has 0 unspecified atom stereocenters. The van der Waals surface area contributed by atoms with Gasteiger partial charge in [0.1, 0.15) is 0 Å². The number of nitrogens with two attached hydrogens (primary N) is 1. The molecule has 0 rings (SSSR count). The van der Waals surface area contributed by atoms with Gasteiger partial charge in [-0.05, 0) is 20.1 Å². The number of hydrogen-bond acceptors (Lipinski definition) is 3. The van der Waals surface area contributed by atoms with Crippen molar-refractivity contribution in [3.63, 3.8) is 0 Å². The molecule has 0 bridgehead atoms. The highest BCUT2D eigenvalue weighted by atomic mass is 15.0. The van der Waals surface area contributed by atoms with Gasteiger partial charge in [-0.3, -0.25) is 0 Å². The second-order valence-corrected chi connectivity index (χ2v) is 1.38. The molecule has 0 aromatic rings. The molecule has 0 aromatic heterocycles. The zero-order valence-electron chi connectivity index (χ0n) is 6.70. The number of nitrogens with one attached hydrogen (secondary N) is 2. The predicted octanol–water partition coefficient (Wildman–Crippen LogP) is -0.262. The monoisotopic (exact) mass is 133 g/mol. The van der Waals surface area contributed by atoms with E-state index < -0.39 is 0 Å². The zero-order valence-corrected chi connectivity index (χ0v) is 6.70. The Hall–Kier alpha value is -0.120. The van der Waals surface area contributed by atoms with Gasteiger partial charge in [0.05, 0.1) is 0 Å². The highest BCUT2D eigenvalue weighted by Gasteiger charge is 1.73. The van der Waals surface area contributed by atoms with E-state index in [9.17, 15) is 0 Å². The molecule has 0 aliphatic heterocycles. The van der Waals surface area contributed by atoms with Gasteiger partial charge in [-0.15, -0.1) is 0 Å². The van der Waals surface area contributed by atoms with Crippen LogP contribution < -0.4 is 16.4 Å². The molecule has 0 atom stereocenters. The van der Waals surface area contributed by atoms with Gasteiger partial charge in [0.15, 0.2) is 0 Å². The van der Waals surface area contributed by atoms with Gasteiger partial charge in [0.25, 0.3) is 0 Å². The zero-order chi connectivity index (χ0) is 7.54. The summed E-state index contributed by atoms with van der Waals surface area (Å²) in [6.07, 6.45) is 0. The summed E-state index contributed by atoms with van der Waals surface area (Å²) in [5.41, 5.74) is 4.50. The Kier molecular flexibility index (Phi) is 20.3. The summed E-state index contributed by atoms with van der Waals surface area (Å²) in [6.45, 7) is 7.22. The van der Waals surface area contributed by atoms with E-state index in [0.717, 1.165) is 19.8 Å². The van der Waals surface area contributed by atoms with Gasteiger partial charge >= 0.3 is 0 Å². The lowest BCUT2D eigenvalue weighted by molar-refractivity contribution is 0.616. The predicted molar refractivity (Wildman–Crippen MR) is 42.3 cm³/mol. The Labute approximate surface area is 58.0 Å². The quantitative estimate of drug-likeness (QED) is 0.366. The first kappa shape index (κ1) is 11.6. The Morgan fingerprint density at radius 1 is 1.00 bits per heavy atom. The van der Waals surface area contributed by atoms with Crippen LogP contribution in [0.25, 0.3) is 0 Å². The van der Waals surface area contributed by atoms with Crippen molar-refractivity contribution in [2.75, 3.05) is 26.8 Å². The largest absolute Gasteiger partial charge is 0.333 e. The third-order valence-corrected chi connectivity index (χ3v) is 0.750. The fourth-order valence-electron chi connectivity index (χ4n) is 0.338. The minimum Gasteiger partial charge on any atom is -0.333 e. The fourth-order valence-corrected chi connectivity index (χ4v) is 0.338. The molecule has 3 heteroatoms. The summed E-state index contributed by atoms with van der Waals surface area (Å²) >= 11 is 0. The van der Waals surface area contributed by atoms with Gasteiger partial charge < -0.3 is 16.4 Å². The second-order valence-electron chi connectivity index (χ2n) is 1.38. The van der Waals surface area contributed by atoms with E-state index in [4.69, 9.17) is 0 Å². The topological polar surface area (TPSA) is 50.1 Å². The highest BCUT2D eigenvalue weighted by Crippen LogP contribution is 1.50. The Bertz CT molecular complexity index is 27.5. The van der Waals surface area contributed by atoms with Crippen molar-refractivity contribution in [3.8, 4) is 0 Å². The van der Waals surface area contributed by atoms with Crippen LogP contribution in [0, 0.1) is 0 Å².